The van der Waals surface area contributed by atoms with Gasteiger partial charge in [-0.3, -0.25) is 9.59 Å². The Kier molecular flexibility index (Phi) is 4.88. The number of rotatable bonds is 3. The van der Waals surface area contributed by atoms with Crippen LogP contribution in [-0.4, -0.2) is 43.5 Å². The molecule has 6 heteroatoms. The molecule has 0 saturated carbocycles. The number of ether oxygens (including phenoxy) is 1. The van der Waals surface area contributed by atoms with E-state index in [2.05, 4.69) is 0 Å². The van der Waals surface area contributed by atoms with Gasteiger partial charge in [-0.05, 0) is 61.6 Å². The number of furan rings is 1. The maximum absolute atomic E-state index is 13.3. The van der Waals surface area contributed by atoms with Gasteiger partial charge in [0.15, 0.2) is 5.76 Å². The van der Waals surface area contributed by atoms with Crippen molar-refractivity contribution in [2.75, 3.05) is 31.6 Å². The van der Waals surface area contributed by atoms with Crippen LogP contribution >= 0.6 is 0 Å². The van der Waals surface area contributed by atoms with Crippen LogP contribution in [0.4, 0.5) is 5.69 Å². The fraction of sp³-hybridized carbons (Fsp3) is 0.429. The monoisotopic (exact) mass is 368 g/mol. The molecular formula is C21H24N2O4. The molecule has 2 amide bonds. The molecule has 2 aliphatic rings. The van der Waals surface area contributed by atoms with Gasteiger partial charge in [0.2, 0.25) is 5.91 Å². The van der Waals surface area contributed by atoms with Crippen molar-refractivity contribution in [3.8, 4) is 5.75 Å². The lowest BCUT2D eigenvalue weighted by Crippen LogP contribution is -2.48. The molecule has 27 heavy (non-hydrogen) atoms. The van der Waals surface area contributed by atoms with E-state index >= 15 is 0 Å². The van der Waals surface area contributed by atoms with Crippen LogP contribution in [-0.2, 0) is 11.2 Å². The Morgan fingerprint density at radius 3 is 2.85 bits per heavy atom. The second-order valence-electron chi connectivity index (χ2n) is 7.16. The van der Waals surface area contributed by atoms with Crippen LogP contribution in [0.1, 0.15) is 35.4 Å². The second kappa shape index (κ2) is 7.47. The van der Waals surface area contributed by atoms with Crippen LogP contribution in [0.15, 0.2) is 41.0 Å². The van der Waals surface area contributed by atoms with Crippen molar-refractivity contribution in [3.05, 3.63) is 47.9 Å². The number of aryl methyl sites for hydroxylation is 1. The predicted molar refractivity (Wildman–Crippen MR) is 101 cm³/mol. The summed E-state index contributed by atoms with van der Waals surface area (Å²) in [6, 6.07) is 9.26. The summed E-state index contributed by atoms with van der Waals surface area (Å²) in [6.07, 6.45) is 5.02. The molecule has 0 bridgehead atoms. The molecule has 2 aliphatic heterocycles. The van der Waals surface area contributed by atoms with Crippen molar-refractivity contribution in [2.45, 2.75) is 25.7 Å². The minimum Gasteiger partial charge on any atom is -0.497 e. The number of amides is 2. The lowest BCUT2D eigenvalue weighted by molar-refractivity contribution is -0.123. The molecule has 0 radical (unpaired) electrons. The molecule has 142 valence electrons. The number of benzene rings is 1. The molecule has 1 saturated heterocycles. The van der Waals surface area contributed by atoms with Crippen LogP contribution in [0.5, 0.6) is 5.75 Å². The van der Waals surface area contributed by atoms with E-state index in [0.717, 1.165) is 49.2 Å². The molecule has 1 atom stereocenters. The van der Waals surface area contributed by atoms with Crippen LogP contribution < -0.4 is 9.64 Å². The average molecular weight is 368 g/mol. The second-order valence-corrected chi connectivity index (χ2v) is 7.16. The van der Waals surface area contributed by atoms with Gasteiger partial charge in [0.05, 0.1) is 19.3 Å². The first kappa shape index (κ1) is 17.6. The zero-order chi connectivity index (χ0) is 18.8. The van der Waals surface area contributed by atoms with E-state index in [9.17, 15) is 9.59 Å². The van der Waals surface area contributed by atoms with Crippen molar-refractivity contribution in [1.82, 2.24) is 4.90 Å². The first-order chi connectivity index (χ1) is 13.2. The molecule has 0 spiro atoms. The molecule has 0 N–H and O–H groups in total. The lowest BCUT2D eigenvalue weighted by Gasteiger charge is -2.36. The minimum atomic E-state index is -0.175. The van der Waals surface area contributed by atoms with Gasteiger partial charge in [-0.2, -0.15) is 0 Å². The van der Waals surface area contributed by atoms with Gasteiger partial charge < -0.3 is 19.0 Å². The van der Waals surface area contributed by atoms with Crippen LogP contribution in [0, 0.1) is 5.92 Å². The lowest BCUT2D eigenvalue weighted by atomic mass is 9.93. The van der Waals surface area contributed by atoms with Gasteiger partial charge in [-0.25, -0.2) is 0 Å². The van der Waals surface area contributed by atoms with E-state index < -0.39 is 0 Å². The maximum Gasteiger partial charge on any atom is 0.289 e. The Morgan fingerprint density at radius 1 is 1.19 bits per heavy atom. The summed E-state index contributed by atoms with van der Waals surface area (Å²) < 4.78 is 10.5. The highest BCUT2D eigenvalue weighted by Gasteiger charge is 2.34. The van der Waals surface area contributed by atoms with Gasteiger partial charge in [0.25, 0.3) is 5.91 Å². The number of methoxy groups -OCH3 is 1. The molecule has 2 aromatic rings. The van der Waals surface area contributed by atoms with E-state index in [1.54, 1.807) is 24.1 Å². The van der Waals surface area contributed by atoms with Crippen molar-refractivity contribution in [3.63, 3.8) is 0 Å². The Labute approximate surface area is 158 Å². The summed E-state index contributed by atoms with van der Waals surface area (Å²) in [6.45, 7) is 1.83. The van der Waals surface area contributed by atoms with Gasteiger partial charge >= 0.3 is 0 Å². The van der Waals surface area contributed by atoms with Crippen LogP contribution in [0.2, 0.25) is 0 Å². The van der Waals surface area contributed by atoms with Crippen LogP contribution in [0.25, 0.3) is 0 Å². The first-order valence-electron chi connectivity index (χ1n) is 9.48. The number of hydrogen-bond acceptors (Lipinski definition) is 4. The number of fused-ring (bicyclic) bond motifs is 1. The highest BCUT2D eigenvalue weighted by Crippen LogP contribution is 2.32. The molecule has 1 unspecified atom stereocenters. The number of hydrogen-bond donors (Lipinski definition) is 0. The Bertz CT molecular complexity index is 831. The summed E-state index contributed by atoms with van der Waals surface area (Å²) in [4.78, 5) is 29.5. The smallest absolute Gasteiger partial charge is 0.289 e. The largest absolute Gasteiger partial charge is 0.497 e. The number of carbonyl (C=O) groups excluding carboxylic acids is 2. The van der Waals surface area contributed by atoms with Crippen molar-refractivity contribution in [2.24, 2.45) is 5.92 Å². The summed E-state index contributed by atoms with van der Waals surface area (Å²) in [5.74, 6) is 0.944. The zero-order valence-electron chi connectivity index (χ0n) is 15.5. The number of carbonyl (C=O) groups is 2. The molecule has 1 aromatic carbocycles. The minimum absolute atomic E-state index is 0.109. The zero-order valence-corrected chi connectivity index (χ0v) is 15.5. The van der Waals surface area contributed by atoms with Gasteiger partial charge in [0, 0.05) is 25.3 Å². The highest BCUT2D eigenvalue weighted by atomic mass is 16.5. The third-order valence-corrected chi connectivity index (χ3v) is 5.46. The molecule has 3 heterocycles. The van der Waals surface area contributed by atoms with Gasteiger partial charge in [-0.15, -0.1) is 0 Å². The third-order valence-electron chi connectivity index (χ3n) is 5.46. The SMILES string of the molecule is COc1ccc2c(c1)CCCN2C(=O)C1CCCN(C(=O)c2ccco2)C1. The molecule has 1 aromatic heterocycles. The summed E-state index contributed by atoms with van der Waals surface area (Å²) in [5, 5.41) is 0. The topological polar surface area (TPSA) is 63.0 Å². The fourth-order valence-corrected chi connectivity index (χ4v) is 4.07. The summed E-state index contributed by atoms with van der Waals surface area (Å²) in [7, 11) is 1.65. The molecular weight excluding hydrogens is 344 g/mol. The molecule has 1 fully saturated rings. The van der Waals surface area contributed by atoms with Crippen molar-refractivity contribution >= 4 is 17.5 Å². The summed E-state index contributed by atoms with van der Waals surface area (Å²) >= 11 is 0. The van der Waals surface area contributed by atoms with E-state index in [1.165, 1.54) is 6.26 Å². The average Bonchev–Trinajstić information content (AvgIpc) is 3.26. The standard InChI is InChI=1S/C21H24N2O4/c1-26-17-8-9-18-15(13-17)5-3-11-23(18)20(24)16-6-2-10-22(14-16)21(25)19-7-4-12-27-19/h4,7-9,12-13,16H,2-3,5-6,10-11,14H2,1H3. The number of likely N-dealkylation sites (tertiary alicyclic amines) is 1. The number of piperidine rings is 1. The maximum atomic E-state index is 13.3. The Hall–Kier alpha value is -2.76. The van der Waals surface area contributed by atoms with Gasteiger partial charge in [0.1, 0.15) is 5.75 Å². The van der Waals surface area contributed by atoms with E-state index in [0.29, 0.717) is 18.8 Å². The molecule has 6 nitrogen and oxygen atoms in total. The van der Waals surface area contributed by atoms with E-state index in [4.69, 9.17) is 9.15 Å². The molecule has 0 aliphatic carbocycles. The quantitative estimate of drug-likeness (QED) is 0.835. The normalized spacial score (nSPS) is 19.5. The fourth-order valence-electron chi connectivity index (χ4n) is 4.07. The predicted octanol–water partition coefficient (Wildman–Crippen LogP) is 3.12. The highest BCUT2D eigenvalue weighted by molar-refractivity contribution is 5.97. The third kappa shape index (κ3) is 3.44. The number of anilines is 1. The molecule has 4 rings (SSSR count). The summed E-state index contributed by atoms with van der Waals surface area (Å²) in [5.41, 5.74) is 2.12. The Morgan fingerprint density at radius 2 is 2.07 bits per heavy atom. The Balaban J connectivity index is 1.51. The number of nitrogens with zero attached hydrogens (tertiary/aromatic N) is 2. The van der Waals surface area contributed by atoms with Gasteiger partial charge in [-0.1, -0.05) is 0 Å². The van der Waals surface area contributed by atoms with Crippen molar-refractivity contribution < 1.29 is 18.7 Å². The van der Waals surface area contributed by atoms with E-state index in [-0.39, 0.29) is 17.7 Å². The first-order valence-corrected chi connectivity index (χ1v) is 9.48. The van der Waals surface area contributed by atoms with Crippen LogP contribution in [0.3, 0.4) is 0 Å². The van der Waals surface area contributed by atoms with E-state index in [1.807, 2.05) is 23.1 Å². The van der Waals surface area contributed by atoms with Crippen molar-refractivity contribution in [1.29, 1.82) is 0 Å².